The highest BCUT2D eigenvalue weighted by Crippen LogP contribution is 2.29. The largest absolute Gasteiger partial charge is 0.493 e. The van der Waals surface area contributed by atoms with E-state index < -0.39 is 35.2 Å². The smallest absolute Gasteiger partial charge is 0.281 e. The standard InChI is InChI=1S/C8H7F3N2O2/c1-15-6-3(9)2-13-5(7(10)11)4(6)8(12)14/h2,7H,1H3,(H2,12,14). The Morgan fingerprint density at radius 3 is 2.60 bits per heavy atom. The summed E-state index contributed by atoms with van der Waals surface area (Å²) >= 11 is 0. The Hall–Kier alpha value is -1.79. The molecular weight excluding hydrogens is 213 g/mol. The number of methoxy groups -OCH3 is 1. The van der Waals surface area contributed by atoms with E-state index in [4.69, 9.17) is 5.73 Å². The third kappa shape index (κ3) is 2.00. The predicted octanol–water partition coefficient (Wildman–Crippen LogP) is 1.27. The molecule has 0 aliphatic carbocycles. The van der Waals surface area contributed by atoms with E-state index in [1.165, 1.54) is 0 Å². The lowest BCUT2D eigenvalue weighted by atomic mass is 10.1. The van der Waals surface area contributed by atoms with Crippen LogP contribution in [0.25, 0.3) is 0 Å². The van der Waals surface area contributed by atoms with Crippen LogP contribution in [0.2, 0.25) is 0 Å². The number of hydrogen-bond donors (Lipinski definition) is 1. The molecule has 4 nitrogen and oxygen atoms in total. The lowest BCUT2D eigenvalue weighted by molar-refractivity contribution is 0.0977. The lowest BCUT2D eigenvalue weighted by Crippen LogP contribution is -2.17. The quantitative estimate of drug-likeness (QED) is 0.834. The number of alkyl halides is 2. The maximum Gasteiger partial charge on any atom is 0.281 e. The van der Waals surface area contributed by atoms with Crippen molar-refractivity contribution in [2.45, 2.75) is 6.43 Å². The molecule has 0 unspecified atom stereocenters. The van der Waals surface area contributed by atoms with Gasteiger partial charge in [-0.1, -0.05) is 0 Å². The van der Waals surface area contributed by atoms with Crippen LogP contribution in [-0.2, 0) is 0 Å². The van der Waals surface area contributed by atoms with E-state index in [-0.39, 0.29) is 0 Å². The van der Waals surface area contributed by atoms with Gasteiger partial charge >= 0.3 is 0 Å². The summed E-state index contributed by atoms with van der Waals surface area (Å²) in [7, 11) is 1.04. The molecule has 82 valence electrons. The highest BCUT2D eigenvalue weighted by atomic mass is 19.3. The number of pyridine rings is 1. The minimum Gasteiger partial charge on any atom is -0.493 e. The number of hydrogen-bond acceptors (Lipinski definition) is 3. The molecule has 0 aliphatic heterocycles. The molecule has 0 radical (unpaired) electrons. The highest BCUT2D eigenvalue weighted by Gasteiger charge is 2.25. The molecule has 0 atom stereocenters. The van der Waals surface area contributed by atoms with Crippen molar-refractivity contribution < 1.29 is 22.7 Å². The van der Waals surface area contributed by atoms with Gasteiger partial charge in [-0.25, -0.2) is 13.2 Å². The number of ether oxygens (including phenoxy) is 1. The summed E-state index contributed by atoms with van der Waals surface area (Å²) in [5, 5.41) is 0. The summed E-state index contributed by atoms with van der Waals surface area (Å²) < 4.78 is 42.3. The number of aromatic nitrogens is 1. The fraction of sp³-hybridized carbons (Fsp3) is 0.250. The first-order chi connectivity index (χ1) is 6.99. The second kappa shape index (κ2) is 4.16. The zero-order valence-corrected chi connectivity index (χ0v) is 7.63. The summed E-state index contributed by atoms with van der Waals surface area (Å²) in [4.78, 5) is 14.0. The number of halogens is 3. The second-order valence-corrected chi connectivity index (χ2v) is 2.56. The fourth-order valence-corrected chi connectivity index (χ4v) is 1.09. The van der Waals surface area contributed by atoms with Gasteiger partial charge in [-0.15, -0.1) is 0 Å². The summed E-state index contributed by atoms with van der Waals surface area (Å²) in [5.74, 6) is -2.85. The maximum atomic E-state index is 13.0. The minimum absolute atomic E-state index is 0.548. The molecule has 0 bridgehead atoms. The molecule has 0 aromatic carbocycles. The average molecular weight is 220 g/mol. The van der Waals surface area contributed by atoms with Crippen molar-refractivity contribution in [2.24, 2.45) is 5.73 Å². The number of amides is 1. The van der Waals surface area contributed by atoms with Gasteiger partial charge in [0.15, 0.2) is 11.6 Å². The normalized spacial score (nSPS) is 10.5. The Bertz CT molecular complexity index is 396. The van der Waals surface area contributed by atoms with E-state index in [1.54, 1.807) is 0 Å². The van der Waals surface area contributed by atoms with Gasteiger partial charge in [-0.05, 0) is 0 Å². The molecule has 2 N–H and O–H groups in total. The van der Waals surface area contributed by atoms with E-state index in [0.717, 1.165) is 7.11 Å². The molecule has 0 fully saturated rings. The summed E-state index contributed by atoms with van der Waals surface area (Å²) in [5.41, 5.74) is 3.22. The Morgan fingerprint density at radius 1 is 1.60 bits per heavy atom. The van der Waals surface area contributed by atoms with Crippen molar-refractivity contribution >= 4 is 5.91 Å². The molecule has 15 heavy (non-hydrogen) atoms. The van der Waals surface area contributed by atoms with Crippen molar-refractivity contribution in [2.75, 3.05) is 7.11 Å². The maximum absolute atomic E-state index is 13.0. The van der Waals surface area contributed by atoms with Gasteiger partial charge in [0.25, 0.3) is 12.3 Å². The Morgan fingerprint density at radius 2 is 2.20 bits per heavy atom. The minimum atomic E-state index is -3.03. The molecular formula is C8H7F3N2O2. The van der Waals surface area contributed by atoms with Crippen molar-refractivity contribution in [3.63, 3.8) is 0 Å². The first-order valence-electron chi connectivity index (χ1n) is 3.79. The molecule has 1 rings (SSSR count). The van der Waals surface area contributed by atoms with Crippen LogP contribution in [0.5, 0.6) is 5.75 Å². The predicted molar refractivity (Wildman–Crippen MR) is 44.2 cm³/mol. The number of rotatable bonds is 3. The van der Waals surface area contributed by atoms with Gasteiger partial charge in [-0.3, -0.25) is 9.78 Å². The van der Waals surface area contributed by atoms with Crippen LogP contribution in [0.3, 0.4) is 0 Å². The fourth-order valence-electron chi connectivity index (χ4n) is 1.09. The van der Waals surface area contributed by atoms with Gasteiger partial charge in [0.2, 0.25) is 0 Å². The zero-order valence-electron chi connectivity index (χ0n) is 7.63. The Labute approximate surface area is 82.9 Å². The van der Waals surface area contributed by atoms with Crippen LogP contribution >= 0.6 is 0 Å². The molecule has 0 aliphatic rings. The van der Waals surface area contributed by atoms with E-state index in [9.17, 15) is 18.0 Å². The van der Waals surface area contributed by atoms with E-state index in [1.807, 2.05) is 0 Å². The number of carbonyl (C=O) groups is 1. The number of nitrogens with two attached hydrogens (primary N) is 1. The van der Waals surface area contributed by atoms with E-state index >= 15 is 0 Å². The van der Waals surface area contributed by atoms with E-state index in [0.29, 0.717) is 6.20 Å². The van der Waals surface area contributed by atoms with Gasteiger partial charge in [-0.2, -0.15) is 0 Å². The van der Waals surface area contributed by atoms with Crippen molar-refractivity contribution in [1.82, 2.24) is 4.98 Å². The number of primary amides is 1. The third-order valence-corrected chi connectivity index (χ3v) is 1.67. The van der Waals surface area contributed by atoms with Gasteiger partial charge in [0, 0.05) is 0 Å². The van der Waals surface area contributed by atoms with Crippen LogP contribution < -0.4 is 10.5 Å². The van der Waals surface area contributed by atoms with Crippen LogP contribution in [0, 0.1) is 5.82 Å². The Balaban J connectivity index is 3.49. The number of nitrogens with zero attached hydrogens (tertiary/aromatic N) is 1. The van der Waals surface area contributed by atoms with Gasteiger partial charge < -0.3 is 10.5 Å². The summed E-state index contributed by atoms with van der Waals surface area (Å²) in [6.07, 6.45) is -2.48. The first kappa shape index (κ1) is 11.3. The molecule has 0 saturated carbocycles. The van der Waals surface area contributed by atoms with Crippen LogP contribution in [0.1, 0.15) is 22.5 Å². The molecule has 0 saturated heterocycles. The summed E-state index contributed by atoms with van der Waals surface area (Å²) in [6, 6.07) is 0. The topological polar surface area (TPSA) is 65.2 Å². The second-order valence-electron chi connectivity index (χ2n) is 2.56. The molecule has 1 aromatic rings. The lowest BCUT2D eigenvalue weighted by Gasteiger charge is -2.10. The molecule has 1 aromatic heterocycles. The zero-order chi connectivity index (χ0) is 11.6. The number of carbonyl (C=O) groups excluding carboxylic acids is 1. The van der Waals surface area contributed by atoms with Crippen molar-refractivity contribution in [3.8, 4) is 5.75 Å². The van der Waals surface area contributed by atoms with Crippen LogP contribution in [0.15, 0.2) is 6.20 Å². The average Bonchev–Trinajstić information content (AvgIpc) is 2.16. The van der Waals surface area contributed by atoms with Crippen LogP contribution in [0.4, 0.5) is 13.2 Å². The SMILES string of the molecule is COc1c(F)cnc(C(F)F)c1C(N)=O. The highest BCUT2D eigenvalue weighted by molar-refractivity contribution is 5.96. The van der Waals surface area contributed by atoms with Crippen molar-refractivity contribution in [1.29, 1.82) is 0 Å². The summed E-state index contributed by atoms with van der Waals surface area (Å²) in [6.45, 7) is 0. The first-order valence-corrected chi connectivity index (χ1v) is 3.79. The molecule has 7 heteroatoms. The van der Waals surface area contributed by atoms with E-state index in [2.05, 4.69) is 9.72 Å². The van der Waals surface area contributed by atoms with Gasteiger partial charge in [0.05, 0.1) is 13.3 Å². The van der Waals surface area contributed by atoms with Crippen molar-refractivity contribution in [3.05, 3.63) is 23.3 Å². The Kier molecular flexibility index (Phi) is 3.13. The third-order valence-electron chi connectivity index (χ3n) is 1.67. The van der Waals surface area contributed by atoms with Gasteiger partial charge in [0.1, 0.15) is 11.3 Å². The molecule has 1 amide bonds. The molecule has 0 spiro atoms. The monoisotopic (exact) mass is 220 g/mol. The van der Waals surface area contributed by atoms with Crippen LogP contribution in [-0.4, -0.2) is 18.0 Å². The molecule has 1 heterocycles.